The van der Waals surface area contributed by atoms with Gasteiger partial charge in [-0.15, -0.1) is 24.0 Å². The highest BCUT2D eigenvalue weighted by molar-refractivity contribution is 14.0. The van der Waals surface area contributed by atoms with Crippen molar-refractivity contribution in [2.24, 2.45) is 4.99 Å². The second kappa shape index (κ2) is 13.5. The van der Waals surface area contributed by atoms with Gasteiger partial charge in [0.1, 0.15) is 11.9 Å². The summed E-state index contributed by atoms with van der Waals surface area (Å²) in [6, 6.07) is 13.4. The smallest absolute Gasteiger partial charge is 0.253 e. The summed E-state index contributed by atoms with van der Waals surface area (Å²) >= 11 is 6.30. The van der Waals surface area contributed by atoms with Crippen molar-refractivity contribution in [3.8, 4) is 5.75 Å². The number of carbonyl (C=O) groups excluding carboxylic acids is 1. The van der Waals surface area contributed by atoms with Gasteiger partial charge in [-0.2, -0.15) is 0 Å². The standard InChI is InChI=1S/C23H29ClN4O3.HI/c1-25-23(26-11-10-17-8-9-19(30-2)14-20(17)24)27-15-16-5-3-6-18(13-16)28-22(29)21-7-4-12-31-21;/h3,5-6,8-9,13-14,21H,4,7,10-12,15H2,1-2H3,(H,28,29)(H2,25,26,27);1H. The van der Waals surface area contributed by atoms with Crippen LogP contribution in [0.3, 0.4) is 0 Å². The lowest BCUT2D eigenvalue weighted by Gasteiger charge is -2.14. The zero-order valence-electron chi connectivity index (χ0n) is 18.3. The lowest BCUT2D eigenvalue weighted by molar-refractivity contribution is -0.124. The van der Waals surface area contributed by atoms with Crippen LogP contribution in [0.5, 0.6) is 5.75 Å². The Labute approximate surface area is 211 Å². The fourth-order valence-electron chi connectivity index (χ4n) is 3.35. The Kier molecular flexibility index (Phi) is 11.1. The monoisotopic (exact) mass is 572 g/mol. The predicted octanol–water partition coefficient (Wildman–Crippen LogP) is 3.99. The maximum absolute atomic E-state index is 12.2. The number of nitrogens with one attached hydrogen (secondary N) is 3. The topological polar surface area (TPSA) is 84.0 Å². The van der Waals surface area contributed by atoms with Crippen LogP contribution < -0.4 is 20.7 Å². The Balaban J connectivity index is 0.00000363. The van der Waals surface area contributed by atoms with Gasteiger partial charge in [0.15, 0.2) is 5.96 Å². The van der Waals surface area contributed by atoms with Gasteiger partial charge < -0.3 is 25.4 Å². The first kappa shape index (κ1) is 26.2. The number of nitrogens with zero attached hydrogens (tertiary/aromatic N) is 1. The van der Waals surface area contributed by atoms with Gasteiger partial charge >= 0.3 is 0 Å². The zero-order valence-corrected chi connectivity index (χ0v) is 21.4. The first-order chi connectivity index (χ1) is 15.1. The van der Waals surface area contributed by atoms with Crippen molar-refractivity contribution in [2.75, 3.05) is 32.6 Å². The van der Waals surface area contributed by atoms with Gasteiger partial charge in [0.2, 0.25) is 0 Å². The molecule has 0 radical (unpaired) electrons. The van der Waals surface area contributed by atoms with E-state index in [-0.39, 0.29) is 36.0 Å². The summed E-state index contributed by atoms with van der Waals surface area (Å²) in [7, 11) is 3.35. The number of rotatable bonds is 8. The molecule has 9 heteroatoms. The van der Waals surface area contributed by atoms with E-state index < -0.39 is 0 Å². The van der Waals surface area contributed by atoms with Crippen LogP contribution >= 0.6 is 35.6 Å². The van der Waals surface area contributed by atoms with Crippen molar-refractivity contribution in [1.82, 2.24) is 10.6 Å². The summed E-state index contributed by atoms with van der Waals surface area (Å²) in [5.41, 5.74) is 2.84. The second-order valence-corrected chi connectivity index (χ2v) is 7.66. The summed E-state index contributed by atoms with van der Waals surface area (Å²) in [4.78, 5) is 16.5. The third-order valence-electron chi connectivity index (χ3n) is 5.05. The SMILES string of the molecule is CN=C(NCCc1ccc(OC)cc1Cl)NCc1cccc(NC(=O)C2CCCO2)c1.I. The van der Waals surface area contributed by atoms with E-state index in [9.17, 15) is 4.79 Å². The van der Waals surface area contributed by atoms with Crippen LogP contribution in [0.15, 0.2) is 47.5 Å². The molecule has 2 aromatic rings. The van der Waals surface area contributed by atoms with E-state index >= 15 is 0 Å². The molecule has 0 aliphatic carbocycles. The van der Waals surface area contributed by atoms with E-state index in [0.29, 0.717) is 30.7 Å². The van der Waals surface area contributed by atoms with Gasteiger partial charge in [-0.05, 0) is 54.7 Å². The van der Waals surface area contributed by atoms with Crippen LogP contribution in [0.25, 0.3) is 0 Å². The number of hydrogen-bond donors (Lipinski definition) is 3. The Hall–Kier alpha value is -2.04. The van der Waals surface area contributed by atoms with Crippen molar-refractivity contribution >= 4 is 53.1 Å². The largest absolute Gasteiger partial charge is 0.497 e. The van der Waals surface area contributed by atoms with Crippen LogP contribution in [0.4, 0.5) is 5.69 Å². The predicted molar refractivity (Wildman–Crippen MR) is 139 cm³/mol. The van der Waals surface area contributed by atoms with Gasteiger partial charge in [0.25, 0.3) is 5.91 Å². The fourth-order valence-corrected chi connectivity index (χ4v) is 3.61. The quantitative estimate of drug-likeness (QED) is 0.253. The van der Waals surface area contributed by atoms with Crippen LogP contribution in [-0.2, 0) is 22.5 Å². The molecule has 0 bridgehead atoms. The molecule has 3 rings (SSSR count). The minimum Gasteiger partial charge on any atom is -0.497 e. The molecule has 1 aliphatic rings. The molecular weight excluding hydrogens is 543 g/mol. The number of halogens is 2. The normalized spacial score (nSPS) is 15.6. The Morgan fingerprint density at radius 2 is 2.09 bits per heavy atom. The number of amides is 1. The average molecular weight is 573 g/mol. The van der Waals surface area contributed by atoms with Gasteiger partial charge in [0, 0.05) is 37.5 Å². The first-order valence-electron chi connectivity index (χ1n) is 10.4. The summed E-state index contributed by atoms with van der Waals surface area (Å²) in [5, 5.41) is 10.2. The summed E-state index contributed by atoms with van der Waals surface area (Å²) in [5.74, 6) is 1.35. The second-order valence-electron chi connectivity index (χ2n) is 7.25. The van der Waals surface area contributed by atoms with Crippen molar-refractivity contribution in [2.45, 2.75) is 31.9 Å². The number of guanidine groups is 1. The molecule has 3 N–H and O–H groups in total. The molecule has 174 valence electrons. The molecule has 1 heterocycles. The van der Waals surface area contributed by atoms with Crippen molar-refractivity contribution in [3.63, 3.8) is 0 Å². The van der Waals surface area contributed by atoms with E-state index in [1.807, 2.05) is 42.5 Å². The molecule has 0 aromatic heterocycles. The summed E-state index contributed by atoms with van der Waals surface area (Å²) < 4.78 is 10.6. The number of hydrogen-bond acceptors (Lipinski definition) is 4. The van der Waals surface area contributed by atoms with Crippen molar-refractivity contribution in [3.05, 3.63) is 58.6 Å². The van der Waals surface area contributed by atoms with Gasteiger partial charge in [-0.25, -0.2) is 0 Å². The maximum atomic E-state index is 12.2. The summed E-state index contributed by atoms with van der Waals surface area (Å²) in [6.45, 7) is 1.91. The van der Waals surface area contributed by atoms with Gasteiger partial charge in [-0.1, -0.05) is 29.8 Å². The lowest BCUT2D eigenvalue weighted by atomic mass is 10.1. The Morgan fingerprint density at radius 1 is 1.25 bits per heavy atom. The van der Waals surface area contributed by atoms with E-state index in [4.69, 9.17) is 21.1 Å². The maximum Gasteiger partial charge on any atom is 0.253 e. The third kappa shape index (κ3) is 7.83. The molecule has 7 nitrogen and oxygen atoms in total. The minimum atomic E-state index is -0.344. The molecule has 1 amide bonds. The fraction of sp³-hybridized carbons (Fsp3) is 0.391. The number of aliphatic imine (C=N–C) groups is 1. The first-order valence-corrected chi connectivity index (χ1v) is 10.7. The van der Waals surface area contributed by atoms with E-state index in [1.54, 1.807) is 14.2 Å². The molecule has 1 atom stereocenters. The summed E-state index contributed by atoms with van der Waals surface area (Å²) in [6.07, 6.45) is 2.12. The molecule has 1 saturated heterocycles. The van der Waals surface area contributed by atoms with E-state index in [0.717, 1.165) is 41.8 Å². The van der Waals surface area contributed by atoms with Gasteiger partial charge in [0.05, 0.1) is 7.11 Å². The number of carbonyl (C=O) groups is 1. The zero-order chi connectivity index (χ0) is 22.1. The Morgan fingerprint density at radius 3 is 2.78 bits per heavy atom. The minimum absolute atomic E-state index is 0. The molecule has 32 heavy (non-hydrogen) atoms. The molecule has 1 unspecified atom stereocenters. The van der Waals surface area contributed by atoms with Crippen LogP contribution in [0.1, 0.15) is 24.0 Å². The molecule has 2 aromatic carbocycles. The highest BCUT2D eigenvalue weighted by atomic mass is 127. The molecule has 0 saturated carbocycles. The van der Waals surface area contributed by atoms with Crippen LogP contribution in [0.2, 0.25) is 5.02 Å². The molecule has 1 aliphatic heterocycles. The molecular formula is C23H30ClIN4O3. The van der Waals surface area contributed by atoms with Crippen LogP contribution in [-0.4, -0.2) is 45.3 Å². The average Bonchev–Trinajstić information content (AvgIpc) is 3.32. The number of anilines is 1. The lowest BCUT2D eigenvalue weighted by Crippen LogP contribution is -2.37. The number of ether oxygens (including phenoxy) is 2. The highest BCUT2D eigenvalue weighted by Crippen LogP contribution is 2.22. The number of methoxy groups -OCH3 is 1. The Bertz CT molecular complexity index is 920. The highest BCUT2D eigenvalue weighted by Gasteiger charge is 2.23. The van der Waals surface area contributed by atoms with Gasteiger partial charge in [-0.3, -0.25) is 9.79 Å². The van der Waals surface area contributed by atoms with Crippen molar-refractivity contribution < 1.29 is 14.3 Å². The molecule has 0 spiro atoms. The third-order valence-corrected chi connectivity index (χ3v) is 5.40. The van der Waals surface area contributed by atoms with E-state index in [2.05, 4.69) is 20.9 Å². The van der Waals surface area contributed by atoms with Crippen molar-refractivity contribution in [1.29, 1.82) is 0 Å². The van der Waals surface area contributed by atoms with E-state index in [1.165, 1.54) is 0 Å². The molecule has 1 fully saturated rings. The van der Waals surface area contributed by atoms with Crippen LogP contribution in [0, 0.1) is 0 Å². The number of benzene rings is 2.